The molecule has 1 aromatic heterocycles. The van der Waals surface area contributed by atoms with Gasteiger partial charge < -0.3 is 24.9 Å². The molecule has 2 fully saturated rings. The standard InChI is InChI=1S/C18H28N4O3/c1-20(2)12-14-4-5-16(25-14)18(24)21-9-7-15-13(11-21)3-6-17(23)22(15)10-8-19/h4-5,13,15H,3,6-12,19H2,1-2H3/t13-,15+/m0/s1. The SMILES string of the molecule is CN(C)Cc1ccc(C(=O)N2CC[C@@H]3[C@@H](CCC(=O)N3CCN)C2)o1. The van der Waals surface area contributed by atoms with Crippen LogP contribution in [0, 0.1) is 5.92 Å². The summed E-state index contributed by atoms with van der Waals surface area (Å²) in [5, 5.41) is 0. The Kier molecular flexibility index (Phi) is 5.44. The van der Waals surface area contributed by atoms with Gasteiger partial charge in [-0.1, -0.05) is 0 Å². The molecule has 0 bridgehead atoms. The van der Waals surface area contributed by atoms with Gasteiger partial charge in [-0.2, -0.15) is 0 Å². The van der Waals surface area contributed by atoms with Crippen LogP contribution in [0.1, 0.15) is 35.6 Å². The van der Waals surface area contributed by atoms with Gasteiger partial charge in [0, 0.05) is 38.6 Å². The number of fused-ring (bicyclic) bond motifs is 1. The number of hydrogen-bond acceptors (Lipinski definition) is 5. The maximum atomic E-state index is 12.8. The summed E-state index contributed by atoms with van der Waals surface area (Å²) in [6.07, 6.45) is 2.21. The lowest BCUT2D eigenvalue weighted by atomic mass is 9.83. The first-order valence-electron chi connectivity index (χ1n) is 9.02. The fourth-order valence-electron chi connectivity index (χ4n) is 4.01. The minimum Gasteiger partial charge on any atom is -0.455 e. The van der Waals surface area contributed by atoms with Crippen LogP contribution in [0.15, 0.2) is 16.5 Å². The number of likely N-dealkylation sites (tertiary alicyclic amines) is 2. The summed E-state index contributed by atoms with van der Waals surface area (Å²) in [7, 11) is 3.93. The van der Waals surface area contributed by atoms with Gasteiger partial charge in [-0.05, 0) is 45.0 Å². The summed E-state index contributed by atoms with van der Waals surface area (Å²) in [4.78, 5) is 30.7. The summed E-state index contributed by atoms with van der Waals surface area (Å²) in [5.41, 5.74) is 5.66. The van der Waals surface area contributed by atoms with Crippen LogP contribution in [0.4, 0.5) is 0 Å². The molecule has 138 valence electrons. The zero-order valence-electron chi connectivity index (χ0n) is 15.1. The first-order valence-corrected chi connectivity index (χ1v) is 9.02. The smallest absolute Gasteiger partial charge is 0.289 e. The van der Waals surface area contributed by atoms with E-state index in [-0.39, 0.29) is 17.9 Å². The van der Waals surface area contributed by atoms with Gasteiger partial charge in [0.1, 0.15) is 5.76 Å². The second-order valence-electron chi connectivity index (χ2n) is 7.29. The number of carbonyl (C=O) groups is 2. The van der Waals surface area contributed by atoms with Crippen LogP contribution < -0.4 is 5.73 Å². The number of nitrogens with two attached hydrogens (primary N) is 1. The molecule has 25 heavy (non-hydrogen) atoms. The minimum atomic E-state index is -0.0502. The van der Waals surface area contributed by atoms with Crippen molar-refractivity contribution >= 4 is 11.8 Å². The first kappa shape index (κ1) is 17.9. The van der Waals surface area contributed by atoms with Gasteiger partial charge >= 0.3 is 0 Å². The van der Waals surface area contributed by atoms with E-state index in [1.54, 1.807) is 6.07 Å². The van der Waals surface area contributed by atoms with Gasteiger partial charge in [0.2, 0.25) is 5.91 Å². The Morgan fingerprint density at radius 1 is 1.36 bits per heavy atom. The molecule has 7 nitrogen and oxygen atoms in total. The molecule has 2 atom stereocenters. The lowest BCUT2D eigenvalue weighted by Gasteiger charge is -2.46. The molecule has 0 spiro atoms. The molecule has 1 aromatic rings. The predicted octanol–water partition coefficient (Wildman–Crippen LogP) is 0.753. The molecule has 0 aromatic carbocycles. The Morgan fingerprint density at radius 3 is 2.88 bits per heavy atom. The largest absolute Gasteiger partial charge is 0.455 e. The fourth-order valence-corrected chi connectivity index (χ4v) is 4.01. The molecule has 3 heterocycles. The van der Waals surface area contributed by atoms with Crippen LogP contribution in [0.5, 0.6) is 0 Å². The Hall–Kier alpha value is -1.86. The molecular formula is C18H28N4O3. The Balaban J connectivity index is 1.65. The maximum absolute atomic E-state index is 12.8. The zero-order valence-corrected chi connectivity index (χ0v) is 15.1. The second-order valence-corrected chi connectivity index (χ2v) is 7.29. The first-order chi connectivity index (χ1) is 12.0. The number of nitrogens with zero attached hydrogens (tertiary/aromatic N) is 3. The quantitative estimate of drug-likeness (QED) is 0.849. The molecule has 2 N–H and O–H groups in total. The van der Waals surface area contributed by atoms with E-state index >= 15 is 0 Å². The van der Waals surface area contributed by atoms with Crippen molar-refractivity contribution in [3.63, 3.8) is 0 Å². The van der Waals surface area contributed by atoms with Crippen LogP contribution in [-0.2, 0) is 11.3 Å². The van der Waals surface area contributed by atoms with E-state index in [4.69, 9.17) is 10.2 Å². The normalized spacial score (nSPS) is 23.9. The van der Waals surface area contributed by atoms with Crippen molar-refractivity contribution in [1.29, 1.82) is 0 Å². The third kappa shape index (κ3) is 3.88. The van der Waals surface area contributed by atoms with E-state index in [9.17, 15) is 9.59 Å². The predicted molar refractivity (Wildman–Crippen MR) is 93.9 cm³/mol. The van der Waals surface area contributed by atoms with E-state index in [1.165, 1.54) is 0 Å². The highest BCUT2D eigenvalue weighted by molar-refractivity contribution is 5.91. The number of furan rings is 1. The molecule has 0 radical (unpaired) electrons. The minimum absolute atomic E-state index is 0.0502. The number of carbonyl (C=O) groups excluding carboxylic acids is 2. The molecule has 3 rings (SSSR count). The third-order valence-corrected chi connectivity index (χ3v) is 5.15. The summed E-state index contributed by atoms with van der Waals surface area (Å²) in [6, 6.07) is 3.84. The Bertz CT molecular complexity index is 628. The van der Waals surface area contributed by atoms with E-state index in [0.717, 1.165) is 18.6 Å². The van der Waals surface area contributed by atoms with E-state index < -0.39 is 0 Å². The van der Waals surface area contributed by atoms with Crippen LogP contribution in [0.3, 0.4) is 0 Å². The molecule has 0 saturated carbocycles. The Morgan fingerprint density at radius 2 is 2.16 bits per heavy atom. The van der Waals surface area contributed by atoms with Gasteiger partial charge in [-0.15, -0.1) is 0 Å². The number of rotatable bonds is 5. The van der Waals surface area contributed by atoms with Crippen LogP contribution in [-0.4, -0.2) is 72.8 Å². The van der Waals surface area contributed by atoms with Crippen molar-refractivity contribution in [2.45, 2.75) is 31.8 Å². The fraction of sp³-hybridized carbons (Fsp3) is 0.667. The van der Waals surface area contributed by atoms with Gasteiger partial charge in [0.15, 0.2) is 5.76 Å². The van der Waals surface area contributed by atoms with Gasteiger partial charge in [0.05, 0.1) is 6.54 Å². The van der Waals surface area contributed by atoms with Crippen molar-refractivity contribution < 1.29 is 14.0 Å². The van der Waals surface area contributed by atoms with Crippen molar-refractivity contribution in [1.82, 2.24) is 14.7 Å². The average molecular weight is 348 g/mol. The van der Waals surface area contributed by atoms with E-state index in [2.05, 4.69) is 0 Å². The topological polar surface area (TPSA) is 83.0 Å². The highest BCUT2D eigenvalue weighted by Crippen LogP contribution is 2.31. The summed E-state index contributed by atoms with van der Waals surface area (Å²) in [6.45, 7) is 3.10. The molecule has 2 aliphatic heterocycles. The average Bonchev–Trinajstić information content (AvgIpc) is 3.04. The second kappa shape index (κ2) is 7.58. The van der Waals surface area contributed by atoms with Gasteiger partial charge in [-0.25, -0.2) is 0 Å². The molecular weight excluding hydrogens is 320 g/mol. The lowest BCUT2D eigenvalue weighted by molar-refractivity contribution is -0.140. The lowest BCUT2D eigenvalue weighted by Crippen LogP contribution is -2.57. The molecule has 2 saturated heterocycles. The monoisotopic (exact) mass is 348 g/mol. The van der Waals surface area contributed by atoms with Gasteiger partial charge in [0.25, 0.3) is 5.91 Å². The van der Waals surface area contributed by atoms with Crippen molar-refractivity contribution in [3.8, 4) is 0 Å². The highest BCUT2D eigenvalue weighted by atomic mass is 16.4. The number of hydrogen-bond donors (Lipinski definition) is 1. The van der Waals surface area contributed by atoms with Crippen LogP contribution >= 0.6 is 0 Å². The molecule has 0 unspecified atom stereocenters. The summed E-state index contributed by atoms with van der Waals surface area (Å²) >= 11 is 0. The number of amides is 2. The molecule has 2 aliphatic rings. The summed E-state index contributed by atoms with van der Waals surface area (Å²) < 4.78 is 5.71. The van der Waals surface area contributed by atoms with E-state index in [1.807, 2.05) is 34.9 Å². The Labute approximate surface area is 148 Å². The highest BCUT2D eigenvalue weighted by Gasteiger charge is 2.40. The van der Waals surface area contributed by atoms with E-state index in [0.29, 0.717) is 50.8 Å². The molecule has 2 amide bonds. The zero-order chi connectivity index (χ0) is 18.0. The van der Waals surface area contributed by atoms with Crippen molar-refractivity contribution in [3.05, 3.63) is 23.7 Å². The van der Waals surface area contributed by atoms with Crippen LogP contribution in [0.25, 0.3) is 0 Å². The third-order valence-electron chi connectivity index (χ3n) is 5.15. The van der Waals surface area contributed by atoms with Crippen molar-refractivity contribution in [2.75, 3.05) is 40.3 Å². The van der Waals surface area contributed by atoms with Crippen LogP contribution in [0.2, 0.25) is 0 Å². The molecule has 7 heteroatoms. The number of piperidine rings is 2. The summed E-state index contributed by atoms with van der Waals surface area (Å²) in [5.74, 6) is 1.68. The molecule has 0 aliphatic carbocycles. The maximum Gasteiger partial charge on any atom is 0.289 e. The van der Waals surface area contributed by atoms with Crippen molar-refractivity contribution in [2.24, 2.45) is 11.7 Å². The van der Waals surface area contributed by atoms with Gasteiger partial charge in [-0.3, -0.25) is 9.59 Å².